The summed E-state index contributed by atoms with van der Waals surface area (Å²) < 4.78 is 4.87. The van der Waals surface area contributed by atoms with Crippen LogP contribution < -0.4 is 5.32 Å². The topological polar surface area (TPSA) is 21.3 Å². The first kappa shape index (κ1) is 8.40. The van der Waals surface area contributed by atoms with E-state index in [-0.39, 0.29) is 0 Å². The molecule has 0 saturated heterocycles. The number of hydrogen-bond donors (Lipinski definition) is 1. The van der Waals surface area contributed by atoms with Gasteiger partial charge in [0, 0.05) is 13.7 Å². The van der Waals surface area contributed by atoms with Crippen LogP contribution in [0.3, 0.4) is 0 Å². The first-order valence-corrected chi connectivity index (χ1v) is 3.50. The minimum absolute atomic E-state index is 0.442. The Morgan fingerprint density at radius 3 is 2.75 bits per heavy atom. The second kappa shape index (κ2) is 5.54. The predicted octanol–water partition coefficient (Wildman–Crippen LogP) is 0.616. The molecule has 1 N–H and O–H groups in total. The van der Waals surface area contributed by atoms with E-state index in [1.165, 1.54) is 0 Å². The molecule has 0 radical (unpaired) electrons. The third-order valence-electron chi connectivity index (χ3n) is 0.773. The Kier molecular flexibility index (Phi) is 5.81. The van der Waals surface area contributed by atoms with Crippen LogP contribution >= 0.6 is 15.9 Å². The van der Waals surface area contributed by atoms with Crippen LogP contribution in [0.15, 0.2) is 0 Å². The van der Waals surface area contributed by atoms with Crippen molar-refractivity contribution < 1.29 is 4.74 Å². The molecular formula is C5H12BrNO. The van der Waals surface area contributed by atoms with Gasteiger partial charge in [-0.2, -0.15) is 0 Å². The predicted molar refractivity (Wildman–Crippen MR) is 38.5 cm³/mol. The van der Waals surface area contributed by atoms with Crippen molar-refractivity contribution in [1.82, 2.24) is 5.32 Å². The van der Waals surface area contributed by atoms with Crippen molar-refractivity contribution in [3.63, 3.8) is 0 Å². The monoisotopic (exact) mass is 181 g/mol. The zero-order chi connectivity index (χ0) is 6.41. The number of nitrogens with one attached hydrogen (secondary N) is 1. The van der Waals surface area contributed by atoms with Gasteiger partial charge in [0.1, 0.15) is 0 Å². The van der Waals surface area contributed by atoms with Gasteiger partial charge in [0.2, 0.25) is 0 Å². The SMILES string of the molecule is CNCC(Br)COC. The molecule has 0 saturated carbocycles. The molecule has 0 heterocycles. The van der Waals surface area contributed by atoms with E-state index in [1.807, 2.05) is 7.05 Å². The molecule has 1 unspecified atom stereocenters. The van der Waals surface area contributed by atoms with E-state index in [2.05, 4.69) is 21.2 Å². The molecule has 0 aliphatic carbocycles. The standard InChI is InChI=1S/C5H12BrNO/c1-7-3-5(6)4-8-2/h5,7H,3-4H2,1-2H3. The molecular weight excluding hydrogens is 170 g/mol. The summed E-state index contributed by atoms with van der Waals surface area (Å²) in [5.41, 5.74) is 0. The average molecular weight is 182 g/mol. The average Bonchev–Trinajstić information content (AvgIpc) is 1.68. The fourth-order valence-electron chi connectivity index (χ4n) is 0.461. The Morgan fingerprint density at radius 2 is 2.38 bits per heavy atom. The van der Waals surface area contributed by atoms with Crippen molar-refractivity contribution in [2.45, 2.75) is 4.83 Å². The van der Waals surface area contributed by atoms with Gasteiger partial charge >= 0.3 is 0 Å². The third-order valence-corrected chi connectivity index (χ3v) is 1.36. The largest absolute Gasteiger partial charge is 0.383 e. The van der Waals surface area contributed by atoms with Crippen LogP contribution in [0.2, 0.25) is 0 Å². The number of hydrogen-bond acceptors (Lipinski definition) is 2. The number of ether oxygens (including phenoxy) is 1. The van der Waals surface area contributed by atoms with Crippen molar-refractivity contribution in [1.29, 1.82) is 0 Å². The van der Waals surface area contributed by atoms with Crippen molar-refractivity contribution in [2.75, 3.05) is 27.3 Å². The summed E-state index contributed by atoms with van der Waals surface area (Å²) in [6.45, 7) is 1.72. The third kappa shape index (κ3) is 4.56. The fourth-order valence-corrected chi connectivity index (χ4v) is 1.05. The zero-order valence-corrected chi connectivity index (χ0v) is 6.86. The lowest BCUT2D eigenvalue weighted by molar-refractivity contribution is 0.200. The number of halogens is 1. The molecule has 0 aliphatic rings. The molecule has 0 amide bonds. The van der Waals surface area contributed by atoms with Crippen LogP contribution in [0.1, 0.15) is 0 Å². The van der Waals surface area contributed by atoms with Crippen molar-refractivity contribution in [2.24, 2.45) is 0 Å². The van der Waals surface area contributed by atoms with Crippen LogP contribution in [0, 0.1) is 0 Å². The zero-order valence-electron chi connectivity index (χ0n) is 5.28. The van der Waals surface area contributed by atoms with Gasteiger partial charge in [0.05, 0.1) is 11.4 Å². The van der Waals surface area contributed by atoms with Crippen molar-refractivity contribution in [3.05, 3.63) is 0 Å². The quantitative estimate of drug-likeness (QED) is 0.643. The van der Waals surface area contributed by atoms with Crippen molar-refractivity contribution in [3.8, 4) is 0 Å². The summed E-state index contributed by atoms with van der Waals surface area (Å²) in [4.78, 5) is 0.442. The maximum atomic E-state index is 4.87. The highest BCUT2D eigenvalue weighted by atomic mass is 79.9. The lowest BCUT2D eigenvalue weighted by atomic mass is 10.4. The van der Waals surface area contributed by atoms with E-state index in [0.717, 1.165) is 13.2 Å². The highest BCUT2D eigenvalue weighted by Gasteiger charge is 1.98. The molecule has 8 heavy (non-hydrogen) atoms. The number of rotatable bonds is 4. The maximum absolute atomic E-state index is 4.87. The molecule has 50 valence electrons. The summed E-state index contributed by atoms with van der Waals surface area (Å²) in [7, 11) is 3.62. The van der Waals surface area contributed by atoms with Gasteiger partial charge < -0.3 is 10.1 Å². The molecule has 0 spiro atoms. The van der Waals surface area contributed by atoms with Crippen LogP contribution in [-0.2, 0) is 4.74 Å². The molecule has 0 fully saturated rings. The normalized spacial score (nSPS) is 13.9. The van der Waals surface area contributed by atoms with Gasteiger partial charge in [0.25, 0.3) is 0 Å². The van der Waals surface area contributed by atoms with E-state index in [4.69, 9.17) is 4.74 Å². The number of methoxy groups -OCH3 is 1. The molecule has 0 aromatic carbocycles. The van der Waals surface area contributed by atoms with Crippen LogP contribution in [0.25, 0.3) is 0 Å². The molecule has 0 aromatic heterocycles. The van der Waals surface area contributed by atoms with E-state index >= 15 is 0 Å². The maximum Gasteiger partial charge on any atom is 0.0599 e. The Bertz CT molecular complexity index is 45.7. The molecule has 0 aromatic rings. The highest BCUT2D eigenvalue weighted by molar-refractivity contribution is 9.09. The van der Waals surface area contributed by atoms with E-state index < -0.39 is 0 Å². The molecule has 3 heteroatoms. The van der Waals surface area contributed by atoms with Crippen LogP contribution in [0.5, 0.6) is 0 Å². The van der Waals surface area contributed by atoms with Gasteiger partial charge in [-0.05, 0) is 7.05 Å². The minimum Gasteiger partial charge on any atom is -0.383 e. The Hall–Kier alpha value is 0.400. The van der Waals surface area contributed by atoms with Crippen LogP contribution in [-0.4, -0.2) is 32.1 Å². The smallest absolute Gasteiger partial charge is 0.0599 e. The van der Waals surface area contributed by atoms with E-state index in [1.54, 1.807) is 7.11 Å². The van der Waals surface area contributed by atoms with E-state index in [9.17, 15) is 0 Å². The molecule has 0 aliphatic heterocycles. The molecule has 0 bridgehead atoms. The summed E-state index contributed by atoms with van der Waals surface area (Å²) in [5.74, 6) is 0. The fraction of sp³-hybridized carbons (Fsp3) is 1.00. The second-order valence-electron chi connectivity index (χ2n) is 1.61. The molecule has 2 nitrogen and oxygen atoms in total. The molecule has 1 atom stereocenters. The first-order valence-electron chi connectivity index (χ1n) is 2.59. The highest BCUT2D eigenvalue weighted by Crippen LogP contribution is 1.95. The van der Waals surface area contributed by atoms with Gasteiger partial charge in [0.15, 0.2) is 0 Å². The lowest BCUT2D eigenvalue weighted by Crippen LogP contribution is -2.22. The number of alkyl halides is 1. The molecule has 0 rings (SSSR count). The summed E-state index contributed by atoms with van der Waals surface area (Å²) in [6.07, 6.45) is 0. The Morgan fingerprint density at radius 1 is 1.75 bits per heavy atom. The van der Waals surface area contributed by atoms with Crippen LogP contribution in [0.4, 0.5) is 0 Å². The first-order chi connectivity index (χ1) is 3.81. The Balaban J connectivity index is 2.92. The Labute approximate surface area is 58.7 Å². The van der Waals surface area contributed by atoms with Crippen molar-refractivity contribution >= 4 is 15.9 Å². The van der Waals surface area contributed by atoms with Gasteiger partial charge in [-0.25, -0.2) is 0 Å². The summed E-state index contributed by atoms with van der Waals surface area (Å²) in [5, 5.41) is 3.03. The van der Waals surface area contributed by atoms with E-state index in [0.29, 0.717) is 4.83 Å². The lowest BCUT2D eigenvalue weighted by Gasteiger charge is -2.05. The van der Waals surface area contributed by atoms with Gasteiger partial charge in [-0.3, -0.25) is 0 Å². The minimum atomic E-state index is 0.442. The summed E-state index contributed by atoms with van der Waals surface area (Å²) >= 11 is 3.41. The second-order valence-corrected chi connectivity index (χ2v) is 2.91. The summed E-state index contributed by atoms with van der Waals surface area (Å²) in [6, 6.07) is 0. The van der Waals surface area contributed by atoms with Gasteiger partial charge in [-0.15, -0.1) is 0 Å². The van der Waals surface area contributed by atoms with Gasteiger partial charge in [-0.1, -0.05) is 15.9 Å².